The zero-order valence-electron chi connectivity index (χ0n) is 10.1. The van der Waals surface area contributed by atoms with Crippen molar-refractivity contribution in [1.29, 1.82) is 0 Å². The standard InChI is InChI=1S/C12H14FNO4S/c13-9-1-3-11(4-2-9)18-7-12(15)14-10-5-6-19(16,17)8-10/h1-4,10H,5-8H2,(H,14,15)/t10-/m1/s1. The molecular weight excluding hydrogens is 273 g/mol. The molecule has 1 aromatic rings. The molecule has 2 rings (SSSR count). The number of halogens is 1. The van der Waals surface area contributed by atoms with Crippen LogP contribution in [0.15, 0.2) is 24.3 Å². The topological polar surface area (TPSA) is 72.5 Å². The van der Waals surface area contributed by atoms with E-state index in [0.29, 0.717) is 12.2 Å². The van der Waals surface area contributed by atoms with Crippen LogP contribution < -0.4 is 10.1 Å². The Kier molecular flexibility index (Phi) is 4.04. The van der Waals surface area contributed by atoms with Crippen LogP contribution in [0.2, 0.25) is 0 Å². The Morgan fingerprint density at radius 2 is 2.05 bits per heavy atom. The highest BCUT2D eigenvalue weighted by atomic mass is 32.2. The van der Waals surface area contributed by atoms with Gasteiger partial charge in [0.2, 0.25) is 0 Å². The Morgan fingerprint density at radius 3 is 2.63 bits per heavy atom. The maximum atomic E-state index is 12.6. The minimum absolute atomic E-state index is 0.0186. The summed E-state index contributed by atoms with van der Waals surface area (Å²) in [6, 6.07) is 4.97. The van der Waals surface area contributed by atoms with E-state index in [0.717, 1.165) is 0 Å². The van der Waals surface area contributed by atoms with Crippen molar-refractivity contribution in [2.24, 2.45) is 0 Å². The van der Waals surface area contributed by atoms with Crippen molar-refractivity contribution in [3.05, 3.63) is 30.1 Å². The Hall–Kier alpha value is -1.63. The van der Waals surface area contributed by atoms with Gasteiger partial charge in [-0.25, -0.2) is 12.8 Å². The van der Waals surface area contributed by atoms with Gasteiger partial charge in [0.25, 0.3) is 5.91 Å². The molecule has 5 nitrogen and oxygen atoms in total. The Morgan fingerprint density at radius 1 is 1.37 bits per heavy atom. The fourth-order valence-corrected chi connectivity index (χ4v) is 3.53. The molecule has 1 aromatic carbocycles. The Labute approximate surface area is 110 Å². The van der Waals surface area contributed by atoms with Gasteiger partial charge in [-0.3, -0.25) is 4.79 Å². The number of benzene rings is 1. The van der Waals surface area contributed by atoms with Gasteiger partial charge in [0, 0.05) is 6.04 Å². The van der Waals surface area contributed by atoms with Gasteiger partial charge in [-0.1, -0.05) is 0 Å². The van der Waals surface area contributed by atoms with Gasteiger partial charge >= 0.3 is 0 Å². The summed E-state index contributed by atoms with van der Waals surface area (Å²) < 4.78 is 40.2. The molecule has 7 heteroatoms. The highest BCUT2D eigenvalue weighted by Gasteiger charge is 2.28. The Bertz CT molecular complexity index is 556. The van der Waals surface area contributed by atoms with Crippen LogP contribution in [0.5, 0.6) is 5.75 Å². The number of carbonyl (C=O) groups is 1. The fraction of sp³-hybridized carbons (Fsp3) is 0.417. The number of hydrogen-bond acceptors (Lipinski definition) is 4. The lowest BCUT2D eigenvalue weighted by atomic mass is 10.2. The van der Waals surface area contributed by atoms with E-state index in [1.54, 1.807) is 0 Å². The second kappa shape index (κ2) is 5.56. The first-order valence-electron chi connectivity index (χ1n) is 5.83. The van der Waals surface area contributed by atoms with Crippen LogP contribution >= 0.6 is 0 Å². The van der Waals surface area contributed by atoms with Gasteiger partial charge < -0.3 is 10.1 Å². The largest absolute Gasteiger partial charge is 0.484 e. The molecule has 0 aliphatic carbocycles. The van der Waals surface area contributed by atoms with Crippen molar-refractivity contribution in [1.82, 2.24) is 5.32 Å². The van der Waals surface area contributed by atoms with E-state index in [-0.39, 0.29) is 35.9 Å². The van der Waals surface area contributed by atoms with E-state index in [1.165, 1.54) is 24.3 Å². The number of nitrogens with one attached hydrogen (secondary N) is 1. The van der Waals surface area contributed by atoms with Crippen molar-refractivity contribution < 1.29 is 22.3 Å². The van der Waals surface area contributed by atoms with Crippen molar-refractivity contribution in [3.8, 4) is 5.75 Å². The van der Waals surface area contributed by atoms with Crippen LogP contribution in [0.3, 0.4) is 0 Å². The smallest absolute Gasteiger partial charge is 0.258 e. The predicted molar refractivity (Wildman–Crippen MR) is 67.1 cm³/mol. The molecule has 1 heterocycles. The average Bonchev–Trinajstić information content (AvgIpc) is 2.68. The number of carbonyl (C=O) groups excluding carboxylic acids is 1. The van der Waals surface area contributed by atoms with E-state index in [2.05, 4.69) is 5.32 Å². The SMILES string of the molecule is O=C(COc1ccc(F)cc1)N[C@@H]1CCS(=O)(=O)C1. The monoisotopic (exact) mass is 287 g/mol. The van der Waals surface area contributed by atoms with Crippen LogP contribution in [-0.2, 0) is 14.6 Å². The molecule has 19 heavy (non-hydrogen) atoms. The molecule has 0 unspecified atom stereocenters. The third-order valence-corrected chi connectivity index (χ3v) is 4.55. The van der Waals surface area contributed by atoms with Gasteiger partial charge in [-0.15, -0.1) is 0 Å². The zero-order chi connectivity index (χ0) is 13.9. The third-order valence-electron chi connectivity index (χ3n) is 2.78. The lowest BCUT2D eigenvalue weighted by Gasteiger charge is -2.11. The summed E-state index contributed by atoms with van der Waals surface area (Å²) in [7, 11) is -3.01. The predicted octanol–water partition coefficient (Wildman–Crippen LogP) is 0.508. The average molecular weight is 287 g/mol. The summed E-state index contributed by atoms with van der Waals surface area (Å²) in [5.74, 6) is -0.290. The molecule has 0 bridgehead atoms. The molecule has 0 radical (unpaired) electrons. The molecule has 1 saturated heterocycles. The second-order valence-electron chi connectivity index (χ2n) is 4.41. The van der Waals surface area contributed by atoms with Crippen molar-refractivity contribution >= 4 is 15.7 Å². The third kappa shape index (κ3) is 4.20. The first-order valence-corrected chi connectivity index (χ1v) is 7.65. The Balaban J connectivity index is 1.77. The lowest BCUT2D eigenvalue weighted by molar-refractivity contribution is -0.123. The molecule has 0 aromatic heterocycles. The van der Waals surface area contributed by atoms with Crippen LogP contribution in [0, 0.1) is 5.82 Å². The number of amides is 1. The van der Waals surface area contributed by atoms with Gasteiger partial charge in [0.05, 0.1) is 11.5 Å². The first kappa shape index (κ1) is 13.8. The van der Waals surface area contributed by atoms with Gasteiger partial charge in [0.1, 0.15) is 11.6 Å². The first-order chi connectivity index (χ1) is 8.94. The molecule has 1 N–H and O–H groups in total. The van der Waals surface area contributed by atoms with E-state index >= 15 is 0 Å². The van der Waals surface area contributed by atoms with Gasteiger partial charge in [-0.05, 0) is 30.7 Å². The van der Waals surface area contributed by atoms with Crippen molar-refractivity contribution in [3.63, 3.8) is 0 Å². The molecule has 0 spiro atoms. The van der Waals surface area contributed by atoms with Crippen LogP contribution in [-0.4, -0.2) is 38.5 Å². The van der Waals surface area contributed by atoms with Gasteiger partial charge in [-0.2, -0.15) is 0 Å². The van der Waals surface area contributed by atoms with Gasteiger partial charge in [0.15, 0.2) is 16.4 Å². The minimum atomic E-state index is -3.01. The number of hydrogen-bond donors (Lipinski definition) is 1. The van der Waals surface area contributed by atoms with Crippen molar-refractivity contribution in [2.75, 3.05) is 18.1 Å². The summed E-state index contributed by atoms with van der Waals surface area (Å²) in [6.45, 7) is -0.220. The van der Waals surface area contributed by atoms with E-state index < -0.39 is 9.84 Å². The minimum Gasteiger partial charge on any atom is -0.484 e. The maximum Gasteiger partial charge on any atom is 0.258 e. The fourth-order valence-electron chi connectivity index (χ4n) is 1.86. The number of sulfone groups is 1. The number of ether oxygens (including phenoxy) is 1. The van der Waals surface area contributed by atoms with Crippen LogP contribution in [0.4, 0.5) is 4.39 Å². The van der Waals surface area contributed by atoms with Crippen LogP contribution in [0.1, 0.15) is 6.42 Å². The summed E-state index contributed by atoms with van der Waals surface area (Å²) >= 11 is 0. The van der Waals surface area contributed by atoms with Crippen molar-refractivity contribution in [2.45, 2.75) is 12.5 Å². The summed E-state index contributed by atoms with van der Waals surface area (Å²) in [6.07, 6.45) is 0.435. The highest BCUT2D eigenvalue weighted by Crippen LogP contribution is 2.12. The molecule has 1 amide bonds. The van der Waals surface area contributed by atoms with E-state index in [4.69, 9.17) is 4.74 Å². The molecule has 1 aliphatic rings. The molecule has 0 saturated carbocycles. The van der Waals surface area contributed by atoms with Crippen LogP contribution in [0.25, 0.3) is 0 Å². The summed E-state index contributed by atoms with van der Waals surface area (Å²) in [5, 5.41) is 2.60. The highest BCUT2D eigenvalue weighted by molar-refractivity contribution is 7.91. The lowest BCUT2D eigenvalue weighted by Crippen LogP contribution is -2.38. The molecule has 104 valence electrons. The van der Waals surface area contributed by atoms with E-state index in [1.807, 2.05) is 0 Å². The maximum absolute atomic E-state index is 12.6. The molecular formula is C12H14FNO4S. The molecule has 1 fully saturated rings. The normalized spacial score (nSPS) is 21.0. The quantitative estimate of drug-likeness (QED) is 0.875. The van der Waals surface area contributed by atoms with E-state index in [9.17, 15) is 17.6 Å². The summed E-state index contributed by atoms with van der Waals surface area (Å²) in [4.78, 5) is 11.5. The number of rotatable bonds is 4. The second-order valence-corrected chi connectivity index (χ2v) is 6.64. The molecule has 1 atom stereocenters. The molecule has 1 aliphatic heterocycles. The summed E-state index contributed by atoms with van der Waals surface area (Å²) in [5.41, 5.74) is 0. The zero-order valence-corrected chi connectivity index (χ0v) is 11.0.